The van der Waals surface area contributed by atoms with E-state index in [0.29, 0.717) is 5.02 Å². The topological polar surface area (TPSA) is 26.3 Å². The molecule has 0 bridgehead atoms. The molecule has 3 rings (SSSR count). The maximum Gasteiger partial charge on any atom is 0.177 e. The summed E-state index contributed by atoms with van der Waals surface area (Å²) in [6.45, 7) is 0.722. The smallest absolute Gasteiger partial charge is 0.177 e. The van der Waals surface area contributed by atoms with Gasteiger partial charge in [-0.05, 0) is 43.6 Å². The minimum absolute atomic E-state index is 0.0301. The van der Waals surface area contributed by atoms with E-state index in [1.54, 1.807) is 6.07 Å². The van der Waals surface area contributed by atoms with Gasteiger partial charge in [0.25, 0.3) is 0 Å². The Balaban J connectivity index is 1.76. The van der Waals surface area contributed by atoms with Crippen molar-refractivity contribution in [1.82, 2.24) is 0 Å². The molecule has 1 unspecified atom stereocenters. The van der Waals surface area contributed by atoms with Gasteiger partial charge in [0.15, 0.2) is 5.78 Å². The fourth-order valence-electron chi connectivity index (χ4n) is 2.83. The van der Waals surface area contributed by atoms with Gasteiger partial charge in [0.1, 0.15) is 0 Å². The van der Waals surface area contributed by atoms with Gasteiger partial charge in [-0.3, -0.25) is 4.79 Å². The second kappa shape index (κ2) is 4.38. The second-order valence-electron chi connectivity index (χ2n) is 5.04. The average Bonchev–Trinajstić information content (AvgIpc) is 2.73. The van der Waals surface area contributed by atoms with Gasteiger partial charge in [0, 0.05) is 12.5 Å². The largest absolute Gasteiger partial charge is 0.375 e. The number of rotatable bonds is 2. The van der Waals surface area contributed by atoms with E-state index in [2.05, 4.69) is 0 Å². The number of halogens is 1. The summed E-state index contributed by atoms with van der Waals surface area (Å²) in [4.78, 5) is 13.1. The molecule has 2 heterocycles. The third kappa shape index (κ3) is 2.05. The van der Waals surface area contributed by atoms with Gasteiger partial charge in [0.2, 0.25) is 0 Å². The molecule has 1 aliphatic carbocycles. The number of hydrogen-bond acceptors (Lipinski definition) is 3. The summed E-state index contributed by atoms with van der Waals surface area (Å²) in [5.74, 6) is 0.333. The monoisotopic (exact) mass is 270 g/mol. The molecule has 92 valence electrons. The van der Waals surface area contributed by atoms with Crippen LogP contribution in [-0.4, -0.2) is 18.0 Å². The molecule has 4 heteroatoms. The summed E-state index contributed by atoms with van der Waals surface area (Å²) >= 11 is 7.49. The maximum absolute atomic E-state index is 12.4. The van der Waals surface area contributed by atoms with Crippen LogP contribution in [0.3, 0.4) is 0 Å². The summed E-state index contributed by atoms with van der Waals surface area (Å²) in [7, 11) is 0. The van der Waals surface area contributed by atoms with E-state index in [1.165, 1.54) is 17.8 Å². The van der Waals surface area contributed by atoms with Crippen LogP contribution in [0.5, 0.6) is 0 Å². The zero-order valence-corrected chi connectivity index (χ0v) is 11.1. The number of hydrogen-bond donors (Lipinski definition) is 0. The Morgan fingerprint density at radius 2 is 2.35 bits per heavy atom. The molecule has 1 aromatic rings. The van der Waals surface area contributed by atoms with Crippen molar-refractivity contribution >= 4 is 28.7 Å². The van der Waals surface area contributed by atoms with E-state index in [1.807, 2.05) is 5.38 Å². The third-order valence-corrected chi connectivity index (χ3v) is 5.33. The van der Waals surface area contributed by atoms with Gasteiger partial charge >= 0.3 is 0 Å². The normalized spacial score (nSPS) is 26.8. The molecule has 1 aliphatic heterocycles. The van der Waals surface area contributed by atoms with E-state index in [9.17, 15) is 4.79 Å². The van der Waals surface area contributed by atoms with Gasteiger partial charge in [-0.25, -0.2) is 0 Å². The predicted octanol–water partition coefficient (Wildman–Crippen LogP) is 3.93. The highest BCUT2D eigenvalue weighted by molar-refractivity contribution is 7.12. The first-order valence-corrected chi connectivity index (χ1v) is 7.37. The standard InChI is InChI=1S/C13H15ClO2S/c14-10-3-7-17-12(10)11(15)9-2-6-16-13(8-9)4-1-5-13/h3,7,9H,1-2,4-6,8H2. The highest BCUT2D eigenvalue weighted by Gasteiger charge is 2.44. The van der Waals surface area contributed by atoms with Crippen molar-refractivity contribution in [3.63, 3.8) is 0 Å². The molecule has 1 aromatic heterocycles. The van der Waals surface area contributed by atoms with Crippen LogP contribution in [0.2, 0.25) is 5.02 Å². The molecule has 2 aliphatic rings. The van der Waals surface area contributed by atoms with Gasteiger partial charge in [-0.15, -0.1) is 11.3 Å². The summed E-state index contributed by atoms with van der Waals surface area (Å²) in [6, 6.07) is 1.80. The molecule has 2 fully saturated rings. The van der Waals surface area contributed by atoms with Crippen LogP contribution in [0.1, 0.15) is 41.8 Å². The van der Waals surface area contributed by atoms with Crippen LogP contribution >= 0.6 is 22.9 Å². The number of thiophene rings is 1. The Bertz CT molecular complexity index is 436. The highest BCUT2D eigenvalue weighted by atomic mass is 35.5. The SMILES string of the molecule is O=C(c1sccc1Cl)C1CCOC2(CCC2)C1. The number of Topliss-reactive ketones (excluding diaryl/α,β-unsaturated/α-hetero) is 1. The summed E-state index contributed by atoms with van der Waals surface area (Å²) in [6.07, 6.45) is 5.21. The number of carbonyl (C=O) groups is 1. The number of carbonyl (C=O) groups excluding carboxylic acids is 1. The van der Waals surface area contributed by atoms with Gasteiger partial charge < -0.3 is 4.74 Å². The second-order valence-corrected chi connectivity index (χ2v) is 6.36. The molecular formula is C13H15ClO2S. The summed E-state index contributed by atoms with van der Waals surface area (Å²) < 4.78 is 5.85. The first-order valence-electron chi connectivity index (χ1n) is 6.11. The van der Waals surface area contributed by atoms with Crippen LogP contribution in [-0.2, 0) is 4.74 Å². The van der Waals surface area contributed by atoms with E-state index in [4.69, 9.17) is 16.3 Å². The van der Waals surface area contributed by atoms with Gasteiger partial charge in [0.05, 0.1) is 15.5 Å². The van der Waals surface area contributed by atoms with E-state index in [-0.39, 0.29) is 17.3 Å². The Kier molecular flexibility index (Phi) is 3.01. The quantitative estimate of drug-likeness (QED) is 0.761. The fourth-order valence-corrected chi connectivity index (χ4v) is 3.99. The third-order valence-electron chi connectivity index (χ3n) is 3.97. The molecule has 0 aromatic carbocycles. The van der Waals surface area contributed by atoms with Gasteiger partial charge in [-0.1, -0.05) is 11.6 Å². The molecule has 17 heavy (non-hydrogen) atoms. The summed E-state index contributed by atoms with van der Waals surface area (Å²) in [5.41, 5.74) is 0.0301. The Morgan fingerprint density at radius 3 is 2.94 bits per heavy atom. The molecule has 0 N–H and O–H groups in total. The number of ether oxygens (including phenoxy) is 1. The average molecular weight is 271 g/mol. The zero-order chi connectivity index (χ0) is 11.9. The van der Waals surface area contributed by atoms with Crippen molar-refractivity contribution in [2.45, 2.75) is 37.7 Å². The zero-order valence-electron chi connectivity index (χ0n) is 9.58. The fraction of sp³-hybridized carbons (Fsp3) is 0.615. The lowest BCUT2D eigenvalue weighted by atomic mass is 9.71. The molecule has 1 saturated heterocycles. The van der Waals surface area contributed by atoms with Crippen molar-refractivity contribution in [2.24, 2.45) is 5.92 Å². The Hall–Kier alpha value is -0.380. The lowest BCUT2D eigenvalue weighted by Crippen LogP contribution is -2.47. The van der Waals surface area contributed by atoms with Crippen LogP contribution in [0.25, 0.3) is 0 Å². The Morgan fingerprint density at radius 1 is 1.53 bits per heavy atom. The molecule has 1 atom stereocenters. The molecular weight excluding hydrogens is 256 g/mol. The van der Waals surface area contributed by atoms with Crippen molar-refractivity contribution in [2.75, 3.05) is 6.61 Å². The molecule has 0 amide bonds. The highest BCUT2D eigenvalue weighted by Crippen LogP contribution is 2.45. The van der Waals surface area contributed by atoms with Crippen LogP contribution in [0.4, 0.5) is 0 Å². The molecule has 0 radical (unpaired) electrons. The lowest BCUT2D eigenvalue weighted by molar-refractivity contribution is -0.137. The molecule has 1 saturated carbocycles. The van der Waals surface area contributed by atoms with Crippen LogP contribution in [0, 0.1) is 5.92 Å². The van der Waals surface area contributed by atoms with Crippen molar-refractivity contribution in [3.05, 3.63) is 21.3 Å². The Labute approximate surface area is 110 Å². The van der Waals surface area contributed by atoms with E-state index < -0.39 is 0 Å². The van der Waals surface area contributed by atoms with Crippen LogP contribution < -0.4 is 0 Å². The molecule has 1 spiro atoms. The predicted molar refractivity (Wildman–Crippen MR) is 68.9 cm³/mol. The van der Waals surface area contributed by atoms with Crippen molar-refractivity contribution in [3.8, 4) is 0 Å². The van der Waals surface area contributed by atoms with Crippen molar-refractivity contribution in [1.29, 1.82) is 0 Å². The number of ketones is 1. The first-order chi connectivity index (χ1) is 8.20. The first kappa shape index (κ1) is 11.7. The minimum Gasteiger partial charge on any atom is -0.375 e. The maximum atomic E-state index is 12.4. The van der Waals surface area contributed by atoms with Gasteiger partial charge in [-0.2, -0.15) is 0 Å². The van der Waals surface area contributed by atoms with Crippen molar-refractivity contribution < 1.29 is 9.53 Å². The molecule has 2 nitrogen and oxygen atoms in total. The lowest BCUT2D eigenvalue weighted by Gasteiger charge is -2.46. The minimum atomic E-state index is 0.0301. The summed E-state index contributed by atoms with van der Waals surface area (Å²) in [5, 5.41) is 2.49. The van der Waals surface area contributed by atoms with E-state index in [0.717, 1.165) is 37.2 Å². The van der Waals surface area contributed by atoms with E-state index >= 15 is 0 Å². The van der Waals surface area contributed by atoms with Crippen LogP contribution in [0.15, 0.2) is 11.4 Å².